The second kappa shape index (κ2) is 3.12. The first-order valence-corrected chi connectivity index (χ1v) is 2.11. The van der Waals surface area contributed by atoms with Gasteiger partial charge >= 0.3 is 0 Å². The molecule has 0 rings (SSSR count). The monoisotopic (exact) mass is 90.1 g/mol. The number of hydrogen-bond donors (Lipinski definition) is 1. The van der Waals surface area contributed by atoms with Crippen molar-refractivity contribution < 1.29 is 10.1 Å². The van der Waals surface area contributed by atoms with Gasteiger partial charge in [0.1, 0.15) is 0 Å². The van der Waals surface area contributed by atoms with Crippen LogP contribution in [-0.4, -0.2) is 11.4 Å². The summed E-state index contributed by atoms with van der Waals surface area (Å²) in [6.45, 7) is 3.75. The first kappa shape index (κ1) is 5.92. The molecule has 0 saturated carbocycles. The maximum absolute atomic E-state index is 7.83. The average Bonchev–Trinajstić information content (AvgIpc) is 1.65. The summed E-state index contributed by atoms with van der Waals surface area (Å²) in [5.74, 6) is 0. The van der Waals surface area contributed by atoms with Gasteiger partial charge in [-0.2, -0.15) is 0 Å². The van der Waals surface area contributed by atoms with Crippen LogP contribution in [0.15, 0.2) is 0 Å². The van der Waals surface area contributed by atoms with Gasteiger partial charge in [0, 0.05) is 0 Å². The van der Waals surface area contributed by atoms with Gasteiger partial charge in [0.25, 0.3) is 0 Å². The van der Waals surface area contributed by atoms with Gasteiger partial charge in [0.05, 0.1) is 6.10 Å². The molecule has 0 fully saturated rings. The van der Waals surface area contributed by atoms with Crippen LogP contribution in [0.2, 0.25) is 0 Å². The minimum Gasteiger partial charge on any atom is -0.252 e. The lowest BCUT2D eigenvalue weighted by molar-refractivity contribution is -0.274. The van der Waals surface area contributed by atoms with Crippen molar-refractivity contribution in [2.45, 2.75) is 26.4 Å². The van der Waals surface area contributed by atoms with Crippen molar-refractivity contribution in [3.63, 3.8) is 0 Å². The van der Waals surface area contributed by atoms with Crippen molar-refractivity contribution in [1.82, 2.24) is 0 Å². The Morgan fingerprint density at radius 3 is 2.33 bits per heavy atom. The highest BCUT2D eigenvalue weighted by molar-refractivity contribution is 4.36. The van der Waals surface area contributed by atoms with Gasteiger partial charge in [-0.25, -0.2) is 4.89 Å². The Kier molecular flexibility index (Phi) is 3.08. The Morgan fingerprint density at radius 1 is 1.83 bits per heavy atom. The van der Waals surface area contributed by atoms with Crippen LogP contribution in [0.3, 0.4) is 0 Å². The fraction of sp³-hybridized carbons (Fsp3) is 1.00. The van der Waals surface area contributed by atoms with Crippen molar-refractivity contribution in [1.29, 1.82) is 0 Å². The summed E-state index contributed by atoms with van der Waals surface area (Å²) in [6.07, 6.45) is 0.848. The lowest BCUT2D eigenvalue weighted by atomic mass is 10.3. The van der Waals surface area contributed by atoms with E-state index in [0.717, 1.165) is 6.42 Å². The molecule has 1 N–H and O–H groups in total. The van der Waals surface area contributed by atoms with Gasteiger partial charge in [-0.15, -0.1) is 0 Å². The minimum absolute atomic E-state index is 0.00926. The molecule has 0 aromatic heterocycles. The van der Waals surface area contributed by atoms with Crippen LogP contribution in [0.4, 0.5) is 0 Å². The largest absolute Gasteiger partial charge is 0.252 e. The Hall–Kier alpha value is -0.0800. The summed E-state index contributed by atoms with van der Waals surface area (Å²) in [7, 11) is 0. The third-order valence-electron chi connectivity index (χ3n) is 0.755. The summed E-state index contributed by atoms with van der Waals surface area (Å²) in [5, 5.41) is 7.83. The lowest BCUT2D eigenvalue weighted by Crippen LogP contribution is -2.00. The normalized spacial score (nSPS) is 14.5. The van der Waals surface area contributed by atoms with Gasteiger partial charge in [-0.05, 0) is 13.3 Å². The van der Waals surface area contributed by atoms with Crippen LogP contribution in [-0.2, 0) is 4.89 Å². The van der Waals surface area contributed by atoms with Crippen LogP contribution in [0.25, 0.3) is 0 Å². The first-order chi connectivity index (χ1) is 2.81. The number of hydrogen-bond acceptors (Lipinski definition) is 2. The van der Waals surface area contributed by atoms with Crippen LogP contribution in [0.5, 0.6) is 0 Å². The molecule has 6 heavy (non-hydrogen) atoms. The Balaban J connectivity index is 2.75. The molecule has 0 amide bonds. The highest BCUT2D eigenvalue weighted by atomic mass is 17.1. The molecule has 0 bridgehead atoms. The molecule has 1 atom stereocenters. The molecule has 0 unspecified atom stereocenters. The van der Waals surface area contributed by atoms with Crippen LogP contribution < -0.4 is 0 Å². The molecule has 38 valence electrons. The van der Waals surface area contributed by atoms with E-state index in [1.54, 1.807) is 6.92 Å². The van der Waals surface area contributed by atoms with E-state index >= 15 is 0 Å². The molecule has 0 heterocycles. The zero-order valence-electron chi connectivity index (χ0n) is 4.14. The van der Waals surface area contributed by atoms with E-state index in [4.69, 9.17) is 5.26 Å². The van der Waals surface area contributed by atoms with Gasteiger partial charge in [-0.3, -0.25) is 5.26 Å². The van der Waals surface area contributed by atoms with E-state index < -0.39 is 0 Å². The van der Waals surface area contributed by atoms with Gasteiger partial charge in [-0.1, -0.05) is 6.92 Å². The van der Waals surface area contributed by atoms with Crippen LogP contribution in [0, 0.1) is 0 Å². The second-order valence-electron chi connectivity index (χ2n) is 1.32. The maximum atomic E-state index is 7.83. The molecule has 2 heteroatoms. The predicted octanol–water partition coefficient (Wildman–Crippen LogP) is 1.27. The van der Waals surface area contributed by atoms with Crippen LogP contribution in [0.1, 0.15) is 20.3 Å². The van der Waals surface area contributed by atoms with Crippen molar-refractivity contribution >= 4 is 0 Å². The molecule has 0 aliphatic rings. The van der Waals surface area contributed by atoms with E-state index in [1.807, 2.05) is 6.92 Å². The molecule has 2 nitrogen and oxygen atoms in total. The maximum Gasteiger partial charge on any atom is 0.0896 e. The minimum atomic E-state index is -0.00926. The Labute approximate surface area is 37.7 Å². The lowest BCUT2D eigenvalue weighted by Gasteiger charge is -1.98. The highest BCUT2D eigenvalue weighted by Gasteiger charge is 1.91. The summed E-state index contributed by atoms with van der Waals surface area (Å²) in [6, 6.07) is 0. The summed E-state index contributed by atoms with van der Waals surface area (Å²) < 4.78 is 0. The summed E-state index contributed by atoms with van der Waals surface area (Å²) in [4.78, 5) is 3.90. The Bertz CT molecular complexity index is 24.7. The molecule has 0 radical (unpaired) electrons. The fourth-order valence-corrected chi connectivity index (χ4v) is 0.0745. The van der Waals surface area contributed by atoms with Gasteiger partial charge in [0.2, 0.25) is 0 Å². The zero-order chi connectivity index (χ0) is 4.99. The molecule has 0 saturated heterocycles. The Morgan fingerprint density at radius 2 is 2.33 bits per heavy atom. The fourth-order valence-electron chi connectivity index (χ4n) is 0.0745. The molecule has 0 aliphatic carbocycles. The topological polar surface area (TPSA) is 29.5 Å². The second-order valence-corrected chi connectivity index (χ2v) is 1.32. The van der Waals surface area contributed by atoms with E-state index in [1.165, 1.54) is 0 Å². The first-order valence-electron chi connectivity index (χ1n) is 2.11. The summed E-state index contributed by atoms with van der Waals surface area (Å²) in [5.41, 5.74) is 0. The van der Waals surface area contributed by atoms with E-state index in [9.17, 15) is 0 Å². The molecule has 0 aromatic rings. The van der Waals surface area contributed by atoms with Crippen molar-refractivity contribution in [3.8, 4) is 0 Å². The SMILES string of the molecule is CC[C@H](C)OO. The zero-order valence-corrected chi connectivity index (χ0v) is 4.14. The quantitative estimate of drug-likeness (QED) is 0.408. The average molecular weight is 90.1 g/mol. The third-order valence-corrected chi connectivity index (χ3v) is 0.755. The molecule has 0 aliphatic heterocycles. The van der Waals surface area contributed by atoms with Gasteiger partial charge in [0.15, 0.2) is 0 Å². The van der Waals surface area contributed by atoms with Crippen molar-refractivity contribution in [3.05, 3.63) is 0 Å². The van der Waals surface area contributed by atoms with Crippen molar-refractivity contribution in [2.24, 2.45) is 0 Å². The molecule has 0 spiro atoms. The van der Waals surface area contributed by atoms with E-state index in [-0.39, 0.29) is 6.10 Å². The van der Waals surface area contributed by atoms with E-state index in [0.29, 0.717) is 0 Å². The van der Waals surface area contributed by atoms with Crippen LogP contribution >= 0.6 is 0 Å². The number of rotatable bonds is 2. The standard InChI is InChI=1S/C4H10O2/c1-3-4(2)6-5/h4-5H,3H2,1-2H3/t4-/m0/s1. The predicted molar refractivity (Wildman–Crippen MR) is 23.5 cm³/mol. The summed E-state index contributed by atoms with van der Waals surface area (Å²) >= 11 is 0. The molecular weight excluding hydrogens is 80.0 g/mol. The van der Waals surface area contributed by atoms with E-state index in [2.05, 4.69) is 4.89 Å². The smallest absolute Gasteiger partial charge is 0.0896 e. The molecule has 0 aromatic carbocycles. The van der Waals surface area contributed by atoms with Crippen molar-refractivity contribution in [2.75, 3.05) is 0 Å². The molecular formula is C4H10O2. The van der Waals surface area contributed by atoms with Gasteiger partial charge < -0.3 is 0 Å². The highest BCUT2D eigenvalue weighted by Crippen LogP contribution is 1.89. The third kappa shape index (κ3) is 2.18.